The number of pyridine rings is 1. The zero-order valence-corrected chi connectivity index (χ0v) is 14.1. The maximum absolute atomic E-state index is 5.91. The molecule has 0 aliphatic heterocycles. The van der Waals surface area contributed by atoms with E-state index < -0.39 is 0 Å². The molecule has 0 amide bonds. The zero-order chi connectivity index (χ0) is 15.3. The summed E-state index contributed by atoms with van der Waals surface area (Å²) < 4.78 is 6.00. The predicted octanol–water partition coefficient (Wildman–Crippen LogP) is 3.93. The van der Waals surface area contributed by atoms with Crippen molar-refractivity contribution in [2.45, 2.75) is 56.8 Å². The maximum Gasteiger partial charge on any atom is 0.239 e. The van der Waals surface area contributed by atoms with Gasteiger partial charge in [0, 0.05) is 11.3 Å². The number of hydrogen-bond acceptors (Lipinski definition) is 5. The van der Waals surface area contributed by atoms with E-state index in [4.69, 9.17) is 10.5 Å². The number of nitrogens with two attached hydrogens (primary N) is 1. The first-order valence-electron chi connectivity index (χ1n) is 7.77. The van der Waals surface area contributed by atoms with Crippen molar-refractivity contribution in [3.63, 3.8) is 0 Å². The van der Waals surface area contributed by atoms with Crippen molar-refractivity contribution in [3.05, 3.63) is 12.1 Å². The summed E-state index contributed by atoms with van der Waals surface area (Å²) in [6.45, 7) is 4.91. The quantitative estimate of drug-likeness (QED) is 0.834. The van der Waals surface area contributed by atoms with Crippen molar-refractivity contribution in [1.82, 2.24) is 4.98 Å². The molecule has 1 aromatic heterocycles. The molecule has 0 atom stereocenters. The van der Waals surface area contributed by atoms with Gasteiger partial charge in [0.05, 0.1) is 11.8 Å². The summed E-state index contributed by atoms with van der Waals surface area (Å²) in [6.07, 6.45) is 8.90. The minimum Gasteiger partial charge on any atom is -0.473 e. The molecule has 21 heavy (non-hydrogen) atoms. The predicted molar refractivity (Wildman–Crippen MR) is 92.2 cm³/mol. The third kappa shape index (κ3) is 4.43. The van der Waals surface area contributed by atoms with Crippen molar-refractivity contribution in [3.8, 4) is 5.88 Å². The Balaban J connectivity index is 2.02. The fourth-order valence-corrected chi connectivity index (χ4v) is 3.68. The second kappa shape index (κ2) is 7.25. The molecule has 0 bridgehead atoms. The van der Waals surface area contributed by atoms with Gasteiger partial charge in [0.25, 0.3) is 0 Å². The largest absolute Gasteiger partial charge is 0.473 e. The highest BCUT2D eigenvalue weighted by Crippen LogP contribution is 2.38. The maximum atomic E-state index is 5.91. The van der Waals surface area contributed by atoms with Gasteiger partial charge in [-0.1, -0.05) is 19.3 Å². The number of thioether (sulfide) groups is 1. The topological polar surface area (TPSA) is 60.2 Å². The summed E-state index contributed by atoms with van der Waals surface area (Å²) >= 11 is 1.98. The number of nitrogen functional groups attached to an aromatic ring is 1. The minimum atomic E-state index is 0.0749. The lowest BCUT2D eigenvalue weighted by atomic mass is 9.88. The second-order valence-corrected chi connectivity index (χ2v) is 7.33. The smallest absolute Gasteiger partial charge is 0.239 e. The molecule has 118 valence electrons. The van der Waals surface area contributed by atoms with Crippen LogP contribution in [-0.4, -0.2) is 28.6 Å². The molecule has 0 saturated heterocycles. The highest BCUT2D eigenvalue weighted by molar-refractivity contribution is 8.00. The summed E-state index contributed by atoms with van der Waals surface area (Å²) in [7, 11) is 0. The van der Waals surface area contributed by atoms with Crippen LogP contribution in [0, 0.1) is 0 Å². The highest BCUT2D eigenvalue weighted by atomic mass is 32.2. The van der Waals surface area contributed by atoms with Gasteiger partial charge < -0.3 is 15.8 Å². The lowest BCUT2D eigenvalue weighted by molar-refractivity contribution is 0.234. The van der Waals surface area contributed by atoms with Crippen molar-refractivity contribution in [2.24, 2.45) is 0 Å². The van der Waals surface area contributed by atoms with E-state index in [0.717, 1.165) is 12.4 Å². The van der Waals surface area contributed by atoms with Crippen LogP contribution >= 0.6 is 11.8 Å². The average Bonchev–Trinajstić information content (AvgIpc) is 2.48. The van der Waals surface area contributed by atoms with Crippen LogP contribution in [0.1, 0.15) is 46.0 Å². The van der Waals surface area contributed by atoms with Crippen molar-refractivity contribution in [2.75, 3.05) is 23.9 Å². The average molecular weight is 309 g/mol. The lowest BCUT2D eigenvalue weighted by Crippen LogP contribution is -2.35. The van der Waals surface area contributed by atoms with Gasteiger partial charge in [0.15, 0.2) is 0 Å². The number of nitrogens with zero attached hydrogens (tertiary/aromatic N) is 1. The van der Waals surface area contributed by atoms with Gasteiger partial charge in [-0.25, -0.2) is 0 Å². The first-order valence-corrected chi connectivity index (χ1v) is 8.99. The van der Waals surface area contributed by atoms with Gasteiger partial charge in [-0.15, -0.1) is 0 Å². The van der Waals surface area contributed by atoms with Gasteiger partial charge in [-0.05, 0) is 45.1 Å². The van der Waals surface area contributed by atoms with Crippen LogP contribution in [0.3, 0.4) is 0 Å². The molecule has 1 aromatic rings. The van der Waals surface area contributed by atoms with E-state index in [-0.39, 0.29) is 6.10 Å². The van der Waals surface area contributed by atoms with Gasteiger partial charge >= 0.3 is 0 Å². The first-order chi connectivity index (χ1) is 10.0. The number of nitrogens with one attached hydrogen (secondary N) is 1. The number of aromatic nitrogens is 1. The standard InChI is InChI=1S/C16H27N3OS/c1-12(2)20-15-13(17)7-8-14(19-15)18-11-16(21-3)9-5-4-6-10-16/h7-8,12H,4-6,9-11,17H2,1-3H3,(H,18,19). The van der Waals surface area contributed by atoms with E-state index in [2.05, 4.69) is 16.6 Å². The van der Waals surface area contributed by atoms with Crippen LogP contribution in [0.15, 0.2) is 12.1 Å². The Morgan fingerprint density at radius 3 is 2.67 bits per heavy atom. The first kappa shape index (κ1) is 16.3. The zero-order valence-electron chi connectivity index (χ0n) is 13.3. The van der Waals surface area contributed by atoms with E-state index in [1.54, 1.807) is 0 Å². The molecule has 0 unspecified atom stereocenters. The van der Waals surface area contributed by atoms with E-state index >= 15 is 0 Å². The Morgan fingerprint density at radius 2 is 2.05 bits per heavy atom. The van der Waals surface area contributed by atoms with E-state index in [9.17, 15) is 0 Å². The van der Waals surface area contributed by atoms with Crippen LogP contribution in [0.25, 0.3) is 0 Å². The fraction of sp³-hybridized carbons (Fsp3) is 0.688. The molecular weight excluding hydrogens is 282 g/mol. The van der Waals surface area contributed by atoms with Crippen LogP contribution in [0.5, 0.6) is 5.88 Å². The Bertz CT molecular complexity index is 459. The summed E-state index contributed by atoms with van der Waals surface area (Å²) in [6, 6.07) is 3.79. The Kier molecular flexibility index (Phi) is 5.62. The molecule has 1 aliphatic carbocycles. The second-order valence-electron chi connectivity index (χ2n) is 6.06. The molecule has 2 rings (SSSR count). The lowest BCUT2D eigenvalue weighted by Gasteiger charge is -2.36. The number of ether oxygens (including phenoxy) is 1. The fourth-order valence-electron chi connectivity index (χ4n) is 2.77. The van der Waals surface area contributed by atoms with Crippen molar-refractivity contribution in [1.29, 1.82) is 0 Å². The van der Waals surface area contributed by atoms with Gasteiger partial charge in [-0.3, -0.25) is 0 Å². The molecule has 0 spiro atoms. The Hall–Kier alpha value is -1.10. The summed E-state index contributed by atoms with van der Waals surface area (Å²) in [4.78, 5) is 4.49. The Labute approximate surface area is 132 Å². The molecule has 1 heterocycles. The molecule has 5 heteroatoms. The molecule has 1 saturated carbocycles. The molecule has 1 fully saturated rings. The van der Waals surface area contributed by atoms with E-state index in [1.807, 2.05) is 37.7 Å². The normalized spacial score (nSPS) is 17.7. The summed E-state index contributed by atoms with van der Waals surface area (Å²) in [5, 5.41) is 3.48. The molecule has 3 N–H and O–H groups in total. The van der Waals surface area contributed by atoms with Crippen LogP contribution in [0.2, 0.25) is 0 Å². The van der Waals surface area contributed by atoms with E-state index in [0.29, 0.717) is 16.3 Å². The number of hydrogen-bond donors (Lipinski definition) is 2. The SMILES string of the molecule is CSC1(CNc2ccc(N)c(OC(C)C)n2)CCCCC1. The molecular formula is C16H27N3OS. The van der Waals surface area contributed by atoms with Crippen LogP contribution < -0.4 is 15.8 Å². The minimum absolute atomic E-state index is 0.0749. The molecule has 0 aromatic carbocycles. The van der Waals surface area contributed by atoms with Crippen LogP contribution in [0.4, 0.5) is 11.5 Å². The molecule has 1 aliphatic rings. The summed E-state index contributed by atoms with van der Waals surface area (Å²) in [5.41, 5.74) is 6.50. The monoisotopic (exact) mass is 309 g/mol. The van der Waals surface area contributed by atoms with Gasteiger partial charge in [-0.2, -0.15) is 16.7 Å². The molecule has 0 radical (unpaired) electrons. The van der Waals surface area contributed by atoms with Crippen LogP contribution in [-0.2, 0) is 0 Å². The highest BCUT2D eigenvalue weighted by Gasteiger charge is 2.30. The third-order valence-electron chi connectivity index (χ3n) is 4.03. The summed E-state index contributed by atoms with van der Waals surface area (Å²) in [5.74, 6) is 1.37. The number of anilines is 2. The van der Waals surface area contributed by atoms with Gasteiger partial charge in [0.1, 0.15) is 5.82 Å². The van der Waals surface area contributed by atoms with E-state index in [1.165, 1.54) is 32.1 Å². The van der Waals surface area contributed by atoms with Crippen molar-refractivity contribution < 1.29 is 4.74 Å². The third-order valence-corrected chi connectivity index (χ3v) is 5.45. The number of rotatable bonds is 6. The molecule has 4 nitrogen and oxygen atoms in total. The van der Waals surface area contributed by atoms with Crippen molar-refractivity contribution >= 4 is 23.3 Å². The van der Waals surface area contributed by atoms with Gasteiger partial charge in [0.2, 0.25) is 5.88 Å². The Morgan fingerprint density at radius 1 is 1.33 bits per heavy atom.